The number of halogens is 1. The van der Waals surface area contributed by atoms with E-state index in [0.717, 1.165) is 37.5 Å². The molecule has 0 aromatic heterocycles. The number of carbonyl (C=O) groups is 2. The molecule has 2 N–H and O–H groups in total. The molecule has 1 amide bonds. The van der Waals surface area contributed by atoms with Crippen molar-refractivity contribution in [3.8, 4) is 0 Å². The van der Waals surface area contributed by atoms with Gasteiger partial charge in [0.15, 0.2) is 0 Å². The summed E-state index contributed by atoms with van der Waals surface area (Å²) in [6.45, 7) is 4.03. The summed E-state index contributed by atoms with van der Waals surface area (Å²) in [5.74, 6) is -2.09. The van der Waals surface area contributed by atoms with E-state index in [4.69, 9.17) is 5.11 Å². The summed E-state index contributed by atoms with van der Waals surface area (Å²) >= 11 is 0. The predicted molar refractivity (Wildman–Crippen MR) is 79.5 cm³/mol. The van der Waals surface area contributed by atoms with Gasteiger partial charge in [0.2, 0.25) is 0 Å². The first-order chi connectivity index (χ1) is 9.97. The quantitative estimate of drug-likeness (QED) is 0.758. The van der Waals surface area contributed by atoms with Crippen LogP contribution in [-0.4, -0.2) is 23.0 Å². The second-order valence-corrected chi connectivity index (χ2v) is 4.78. The molecule has 0 heterocycles. The van der Waals surface area contributed by atoms with Gasteiger partial charge in [-0.25, -0.2) is 9.18 Å². The molecule has 5 heteroatoms. The molecule has 1 aromatic carbocycles. The third kappa shape index (κ3) is 5.38. The molecule has 0 aliphatic heterocycles. The number of carboxylic acid groups (broad SMARTS) is 1. The Hall–Kier alpha value is -2.17. The summed E-state index contributed by atoms with van der Waals surface area (Å²) in [4.78, 5) is 22.4. The molecule has 1 rings (SSSR count). The van der Waals surface area contributed by atoms with E-state index in [1.807, 2.05) is 13.8 Å². The van der Waals surface area contributed by atoms with Crippen LogP contribution in [0.15, 0.2) is 24.3 Å². The number of rotatable bonds is 7. The van der Waals surface area contributed by atoms with Crippen molar-refractivity contribution in [2.24, 2.45) is 0 Å². The van der Waals surface area contributed by atoms with Crippen molar-refractivity contribution in [3.05, 3.63) is 41.2 Å². The maximum absolute atomic E-state index is 13.8. The fourth-order valence-electron chi connectivity index (χ4n) is 1.96. The minimum Gasteiger partial charge on any atom is -0.478 e. The van der Waals surface area contributed by atoms with E-state index in [1.54, 1.807) is 0 Å². The lowest BCUT2D eigenvalue weighted by Crippen LogP contribution is -2.34. The first kappa shape index (κ1) is 16.9. The first-order valence-electron chi connectivity index (χ1n) is 6.99. The molecular weight excluding hydrogens is 273 g/mol. The topological polar surface area (TPSA) is 66.4 Å². The number of amides is 1. The average molecular weight is 293 g/mol. The van der Waals surface area contributed by atoms with Gasteiger partial charge in [0, 0.05) is 23.2 Å². The van der Waals surface area contributed by atoms with E-state index < -0.39 is 11.8 Å². The molecule has 0 fully saturated rings. The molecule has 0 spiro atoms. The Labute approximate surface area is 123 Å². The first-order valence-corrected chi connectivity index (χ1v) is 6.99. The standard InChI is InChI=1S/C16H20FNO3/c1-3-5-13(4-2)18-16(21)12-7-6-11(14(17)10-12)8-9-15(19)20/h6-10,13H,3-5H2,1-2H3,(H,18,21)(H,19,20). The van der Waals surface area contributed by atoms with E-state index in [9.17, 15) is 14.0 Å². The van der Waals surface area contributed by atoms with Crippen LogP contribution < -0.4 is 5.32 Å². The Balaban J connectivity index is 2.83. The van der Waals surface area contributed by atoms with Crippen LogP contribution in [0.5, 0.6) is 0 Å². The minimum absolute atomic E-state index is 0.0807. The monoisotopic (exact) mass is 293 g/mol. The van der Waals surface area contributed by atoms with Gasteiger partial charge in [-0.15, -0.1) is 0 Å². The highest BCUT2D eigenvalue weighted by atomic mass is 19.1. The highest BCUT2D eigenvalue weighted by Crippen LogP contribution is 2.13. The molecule has 114 valence electrons. The van der Waals surface area contributed by atoms with Gasteiger partial charge in [-0.05, 0) is 31.1 Å². The molecule has 1 aromatic rings. The minimum atomic E-state index is -1.15. The number of benzene rings is 1. The molecule has 1 atom stereocenters. The molecule has 0 bridgehead atoms. The fourth-order valence-corrected chi connectivity index (χ4v) is 1.96. The van der Waals surface area contributed by atoms with Crippen molar-refractivity contribution >= 4 is 18.0 Å². The van der Waals surface area contributed by atoms with Gasteiger partial charge in [0.1, 0.15) is 5.82 Å². The largest absolute Gasteiger partial charge is 0.478 e. The van der Waals surface area contributed by atoms with Crippen LogP contribution in [0.2, 0.25) is 0 Å². The van der Waals surface area contributed by atoms with Gasteiger partial charge in [-0.2, -0.15) is 0 Å². The van der Waals surface area contributed by atoms with Gasteiger partial charge in [0.25, 0.3) is 5.91 Å². The lowest BCUT2D eigenvalue weighted by Gasteiger charge is -2.16. The second-order valence-electron chi connectivity index (χ2n) is 4.78. The number of hydrogen-bond donors (Lipinski definition) is 2. The van der Waals surface area contributed by atoms with E-state index in [-0.39, 0.29) is 23.1 Å². The van der Waals surface area contributed by atoms with Crippen LogP contribution in [0.1, 0.15) is 49.0 Å². The normalized spacial score (nSPS) is 12.3. The van der Waals surface area contributed by atoms with E-state index in [2.05, 4.69) is 5.32 Å². The predicted octanol–water partition coefficient (Wildman–Crippen LogP) is 3.23. The molecule has 0 saturated heterocycles. The van der Waals surface area contributed by atoms with E-state index in [1.165, 1.54) is 12.1 Å². The fraction of sp³-hybridized carbons (Fsp3) is 0.375. The zero-order valence-corrected chi connectivity index (χ0v) is 12.2. The summed E-state index contributed by atoms with van der Waals surface area (Å²) in [7, 11) is 0. The molecule has 0 radical (unpaired) electrons. The number of aliphatic carboxylic acids is 1. The number of nitrogens with one attached hydrogen (secondary N) is 1. The van der Waals surface area contributed by atoms with Crippen LogP contribution in [0.3, 0.4) is 0 Å². The molecule has 1 unspecified atom stereocenters. The third-order valence-corrected chi connectivity index (χ3v) is 3.13. The summed E-state index contributed by atoms with van der Waals surface area (Å²) < 4.78 is 13.8. The van der Waals surface area contributed by atoms with Crippen LogP contribution in [-0.2, 0) is 4.79 Å². The Morgan fingerprint density at radius 1 is 1.38 bits per heavy atom. The van der Waals surface area contributed by atoms with Crippen molar-refractivity contribution in [1.82, 2.24) is 5.32 Å². The number of hydrogen-bond acceptors (Lipinski definition) is 2. The van der Waals surface area contributed by atoms with E-state index in [0.29, 0.717) is 0 Å². The molecule has 4 nitrogen and oxygen atoms in total. The Kier molecular flexibility index (Phi) is 6.59. The molecule has 0 aliphatic rings. The van der Waals surface area contributed by atoms with Gasteiger partial charge >= 0.3 is 5.97 Å². The van der Waals surface area contributed by atoms with Gasteiger partial charge < -0.3 is 10.4 Å². The van der Waals surface area contributed by atoms with Crippen LogP contribution >= 0.6 is 0 Å². The highest BCUT2D eigenvalue weighted by molar-refractivity contribution is 5.94. The van der Waals surface area contributed by atoms with Crippen LogP contribution in [0, 0.1) is 5.82 Å². The Morgan fingerprint density at radius 3 is 2.62 bits per heavy atom. The summed E-state index contributed by atoms with van der Waals surface area (Å²) in [6, 6.07) is 4.08. The zero-order chi connectivity index (χ0) is 15.8. The lowest BCUT2D eigenvalue weighted by molar-refractivity contribution is -0.131. The second kappa shape index (κ2) is 8.19. The van der Waals surface area contributed by atoms with Crippen LogP contribution in [0.25, 0.3) is 6.08 Å². The average Bonchev–Trinajstić information content (AvgIpc) is 2.45. The number of carboxylic acids is 1. The van der Waals surface area contributed by atoms with Crippen molar-refractivity contribution in [2.45, 2.75) is 39.2 Å². The zero-order valence-electron chi connectivity index (χ0n) is 12.2. The number of carbonyl (C=O) groups excluding carboxylic acids is 1. The van der Waals surface area contributed by atoms with Crippen LogP contribution in [0.4, 0.5) is 4.39 Å². The molecular formula is C16H20FNO3. The Bertz CT molecular complexity index is 540. The maximum Gasteiger partial charge on any atom is 0.328 e. The highest BCUT2D eigenvalue weighted by Gasteiger charge is 2.13. The van der Waals surface area contributed by atoms with Crippen molar-refractivity contribution in [1.29, 1.82) is 0 Å². The van der Waals surface area contributed by atoms with Crippen molar-refractivity contribution in [2.75, 3.05) is 0 Å². The molecule has 21 heavy (non-hydrogen) atoms. The summed E-state index contributed by atoms with van der Waals surface area (Å²) in [5, 5.41) is 11.4. The summed E-state index contributed by atoms with van der Waals surface area (Å²) in [5.41, 5.74) is 0.365. The smallest absolute Gasteiger partial charge is 0.328 e. The summed E-state index contributed by atoms with van der Waals surface area (Å²) in [6.07, 6.45) is 4.68. The van der Waals surface area contributed by atoms with Gasteiger partial charge in [-0.1, -0.05) is 26.3 Å². The van der Waals surface area contributed by atoms with Gasteiger partial charge in [0.05, 0.1) is 0 Å². The molecule has 0 aliphatic carbocycles. The maximum atomic E-state index is 13.8. The SMILES string of the molecule is CCCC(CC)NC(=O)c1ccc(C=CC(=O)O)c(F)c1. The van der Waals surface area contributed by atoms with Gasteiger partial charge in [-0.3, -0.25) is 4.79 Å². The lowest BCUT2D eigenvalue weighted by atomic mass is 10.1. The third-order valence-electron chi connectivity index (χ3n) is 3.13. The Morgan fingerprint density at radius 2 is 2.10 bits per heavy atom. The van der Waals surface area contributed by atoms with Crippen molar-refractivity contribution < 1.29 is 19.1 Å². The van der Waals surface area contributed by atoms with E-state index >= 15 is 0 Å². The van der Waals surface area contributed by atoms with Crippen molar-refractivity contribution in [3.63, 3.8) is 0 Å². The molecule has 0 saturated carbocycles.